The smallest absolute Gasteiger partial charge is 0.407 e. The molecule has 3 rings (SSSR count). The minimum absolute atomic E-state index is 0.140. The number of benzene rings is 1. The van der Waals surface area contributed by atoms with E-state index >= 15 is 0 Å². The van der Waals surface area contributed by atoms with Crippen molar-refractivity contribution >= 4 is 18.0 Å². The van der Waals surface area contributed by atoms with Gasteiger partial charge in [-0.1, -0.05) is 44.2 Å². The minimum atomic E-state index is -0.918. The van der Waals surface area contributed by atoms with Gasteiger partial charge in [0, 0.05) is 25.9 Å². The molecular weight excluding hydrogens is 488 g/mol. The predicted molar refractivity (Wildman–Crippen MR) is 145 cm³/mol. The highest BCUT2D eigenvalue weighted by molar-refractivity contribution is 5.73. The standard InChI is InChI=1S/C27H42N2O5.C2H4O2/c1-4-33-25(31)28-20-26(14-7-5-8-15-26)18-24(30)34-23-13-10-12-21(17-23)27(32)16-9-6-11-22(27)19-29(2)3;1-2(3)4/h10,12-13,17,22,32H,4-9,11,14-16,18-20H2,1-3H3,(H,28,31);1H3,(H,3,4)/t22-,27+;/m1./s1. The van der Waals surface area contributed by atoms with E-state index in [4.69, 9.17) is 19.4 Å². The van der Waals surface area contributed by atoms with Crippen LogP contribution in [-0.2, 0) is 19.9 Å². The number of carboxylic acids is 1. The molecule has 2 aliphatic rings. The van der Waals surface area contributed by atoms with Crippen LogP contribution in [0.2, 0.25) is 0 Å². The fourth-order valence-corrected chi connectivity index (χ4v) is 5.75. The van der Waals surface area contributed by atoms with Crippen LogP contribution in [0.5, 0.6) is 5.75 Å². The number of alkyl carbamates (subject to hydrolysis) is 1. The van der Waals surface area contributed by atoms with Gasteiger partial charge >= 0.3 is 12.1 Å². The monoisotopic (exact) mass is 534 g/mol. The summed E-state index contributed by atoms with van der Waals surface area (Å²) < 4.78 is 10.8. The van der Waals surface area contributed by atoms with Crippen molar-refractivity contribution in [3.63, 3.8) is 0 Å². The Labute approximate surface area is 226 Å². The molecule has 3 N–H and O–H groups in total. The normalized spacial score (nSPS) is 22.5. The quantitative estimate of drug-likeness (QED) is 0.307. The Balaban J connectivity index is 0.00000118. The van der Waals surface area contributed by atoms with Gasteiger partial charge in [-0.2, -0.15) is 0 Å². The second kappa shape index (κ2) is 15.1. The average Bonchev–Trinajstić information content (AvgIpc) is 2.85. The van der Waals surface area contributed by atoms with Crippen molar-refractivity contribution < 1.29 is 34.1 Å². The van der Waals surface area contributed by atoms with Crippen molar-refractivity contribution in [3.05, 3.63) is 29.8 Å². The van der Waals surface area contributed by atoms with Crippen molar-refractivity contribution in [2.75, 3.05) is 33.8 Å². The third kappa shape index (κ3) is 9.91. The molecular formula is C29H46N2O7. The van der Waals surface area contributed by atoms with Crippen molar-refractivity contribution in [1.29, 1.82) is 0 Å². The maximum atomic E-state index is 13.0. The summed E-state index contributed by atoms with van der Waals surface area (Å²) in [5.74, 6) is -0.527. The Bertz CT molecular complexity index is 910. The number of esters is 1. The van der Waals surface area contributed by atoms with E-state index in [1.807, 2.05) is 32.3 Å². The zero-order chi connectivity index (χ0) is 28.2. The second-order valence-electron chi connectivity index (χ2n) is 11.0. The molecule has 1 amide bonds. The van der Waals surface area contributed by atoms with E-state index in [1.165, 1.54) is 0 Å². The molecule has 0 bridgehead atoms. The number of hydrogen-bond donors (Lipinski definition) is 3. The number of hydrogen-bond acceptors (Lipinski definition) is 7. The lowest BCUT2D eigenvalue weighted by atomic mass is 9.71. The molecule has 0 spiro atoms. The number of ether oxygens (including phenoxy) is 2. The maximum absolute atomic E-state index is 13.0. The average molecular weight is 535 g/mol. The molecule has 0 unspecified atom stereocenters. The number of carbonyl (C=O) groups is 3. The van der Waals surface area contributed by atoms with E-state index in [2.05, 4.69) is 10.2 Å². The van der Waals surface area contributed by atoms with Crippen LogP contribution < -0.4 is 10.1 Å². The number of nitrogens with zero attached hydrogens (tertiary/aromatic N) is 1. The van der Waals surface area contributed by atoms with Gasteiger partial charge in [-0.15, -0.1) is 0 Å². The summed E-state index contributed by atoms with van der Waals surface area (Å²) in [6.07, 6.45) is 8.57. The predicted octanol–water partition coefficient (Wildman–Crippen LogP) is 4.71. The Morgan fingerprint density at radius 2 is 1.74 bits per heavy atom. The zero-order valence-electron chi connectivity index (χ0n) is 23.5. The highest BCUT2D eigenvalue weighted by Gasteiger charge is 2.41. The zero-order valence-corrected chi connectivity index (χ0v) is 23.5. The number of carbonyl (C=O) groups excluding carboxylic acids is 2. The number of aliphatic hydroxyl groups is 1. The lowest BCUT2D eigenvalue weighted by molar-refractivity contribution is -0.138. The van der Waals surface area contributed by atoms with Crippen LogP contribution in [0.4, 0.5) is 4.79 Å². The van der Waals surface area contributed by atoms with Crippen LogP contribution in [0.15, 0.2) is 24.3 Å². The first-order valence-electron chi connectivity index (χ1n) is 13.8. The summed E-state index contributed by atoms with van der Waals surface area (Å²) >= 11 is 0. The first-order chi connectivity index (χ1) is 18.0. The summed E-state index contributed by atoms with van der Waals surface area (Å²) in [6, 6.07) is 7.41. The second-order valence-corrected chi connectivity index (χ2v) is 11.0. The lowest BCUT2D eigenvalue weighted by Crippen LogP contribution is -2.43. The molecule has 9 nitrogen and oxygen atoms in total. The number of rotatable bonds is 9. The van der Waals surface area contributed by atoms with Gasteiger partial charge in [-0.3, -0.25) is 9.59 Å². The van der Waals surface area contributed by atoms with E-state index in [-0.39, 0.29) is 23.7 Å². The highest BCUT2D eigenvalue weighted by atomic mass is 16.5. The number of amides is 1. The molecule has 0 aromatic heterocycles. The summed E-state index contributed by atoms with van der Waals surface area (Å²) in [5, 5.41) is 21.9. The summed E-state index contributed by atoms with van der Waals surface area (Å²) in [4.78, 5) is 36.0. The minimum Gasteiger partial charge on any atom is -0.481 e. The largest absolute Gasteiger partial charge is 0.481 e. The van der Waals surface area contributed by atoms with Gasteiger partial charge in [0.1, 0.15) is 5.75 Å². The van der Waals surface area contributed by atoms with Crippen molar-refractivity contribution in [2.24, 2.45) is 11.3 Å². The lowest BCUT2D eigenvalue weighted by Gasteiger charge is -2.41. The first kappa shape index (κ1) is 31.6. The molecule has 2 atom stereocenters. The Hall–Kier alpha value is -2.65. The van der Waals surface area contributed by atoms with Crippen LogP contribution in [0.1, 0.15) is 83.6 Å². The first-order valence-corrected chi connectivity index (χ1v) is 13.8. The van der Waals surface area contributed by atoms with Gasteiger partial charge in [0.2, 0.25) is 0 Å². The van der Waals surface area contributed by atoms with E-state index in [9.17, 15) is 14.7 Å². The molecule has 1 aromatic rings. The van der Waals surface area contributed by atoms with Gasteiger partial charge in [0.15, 0.2) is 0 Å². The van der Waals surface area contributed by atoms with Gasteiger partial charge in [0.05, 0.1) is 18.6 Å². The molecule has 2 fully saturated rings. The Kier molecular flexibility index (Phi) is 12.5. The van der Waals surface area contributed by atoms with E-state index in [0.29, 0.717) is 25.3 Å². The Morgan fingerprint density at radius 3 is 2.37 bits per heavy atom. The fourth-order valence-electron chi connectivity index (χ4n) is 5.75. The topological polar surface area (TPSA) is 125 Å². The van der Waals surface area contributed by atoms with Gasteiger partial charge in [-0.25, -0.2) is 4.79 Å². The van der Waals surface area contributed by atoms with E-state index in [0.717, 1.165) is 70.4 Å². The van der Waals surface area contributed by atoms with E-state index < -0.39 is 17.7 Å². The maximum Gasteiger partial charge on any atom is 0.407 e. The molecule has 214 valence electrons. The molecule has 1 aromatic carbocycles. The summed E-state index contributed by atoms with van der Waals surface area (Å²) in [5.41, 5.74) is -0.405. The van der Waals surface area contributed by atoms with Gasteiger partial charge in [-0.05, 0) is 69.8 Å². The number of aliphatic carboxylic acids is 1. The fraction of sp³-hybridized carbons (Fsp3) is 0.690. The van der Waals surface area contributed by atoms with Crippen molar-refractivity contribution in [1.82, 2.24) is 10.2 Å². The Morgan fingerprint density at radius 1 is 1.08 bits per heavy atom. The van der Waals surface area contributed by atoms with Gasteiger partial charge in [0.25, 0.3) is 5.97 Å². The molecule has 2 saturated carbocycles. The van der Waals surface area contributed by atoms with Crippen LogP contribution in [-0.4, -0.2) is 66.9 Å². The van der Waals surface area contributed by atoms with Gasteiger partial charge < -0.3 is 29.9 Å². The number of carboxylic acid groups (broad SMARTS) is 1. The van der Waals surface area contributed by atoms with Crippen LogP contribution in [0.3, 0.4) is 0 Å². The number of nitrogens with one attached hydrogen (secondary N) is 1. The SMILES string of the molecule is CC(=O)O.CCOC(=O)NCC1(CC(=O)Oc2cccc([C@@]3(O)CCCC[C@@H]3CN(C)C)c2)CCCCC1. The molecule has 0 radical (unpaired) electrons. The molecule has 0 heterocycles. The third-order valence-electron chi connectivity index (χ3n) is 7.50. The summed E-state index contributed by atoms with van der Waals surface area (Å²) in [7, 11) is 4.07. The van der Waals surface area contributed by atoms with Crippen LogP contribution >= 0.6 is 0 Å². The van der Waals surface area contributed by atoms with Crippen LogP contribution in [0.25, 0.3) is 0 Å². The van der Waals surface area contributed by atoms with Crippen molar-refractivity contribution in [2.45, 2.75) is 83.7 Å². The van der Waals surface area contributed by atoms with Crippen molar-refractivity contribution in [3.8, 4) is 5.75 Å². The third-order valence-corrected chi connectivity index (χ3v) is 7.50. The molecule has 0 saturated heterocycles. The molecule has 0 aliphatic heterocycles. The summed E-state index contributed by atoms with van der Waals surface area (Å²) in [6.45, 7) is 4.40. The molecule has 9 heteroatoms. The molecule has 2 aliphatic carbocycles. The van der Waals surface area contributed by atoms with Crippen LogP contribution in [0, 0.1) is 11.3 Å². The van der Waals surface area contributed by atoms with E-state index in [1.54, 1.807) is 13.0 Å². The highest BCUT2D eigenvalue weighted by Crippen LogP contribution is 2.43. The molecule has 38 heavy (non-hydrogen) atoms.